The standard InChI is InChI=1S/C13H11F2N3O3/c1-16-13-3-2-8(6-17-13)7-21-12-5-9(14)11(18(19)20)4-10(12)15/h2-6H,7H2,1H3,(H,16,17). The Morgan fingerprint density at radius 3 is 2.67 bits per heavy atom. The number of nitro groups is 1. The van der Waals surface area contributed by atoms with Crippen molar-refractivity contribution in [1.29, 1.82) is 0 Å². The molecule has 0 fully saturated rings. The summed E-state index contributed by atoms with van der Waals surface area (Å²) in [5, 5.41) is 13.3. The van der Waals surface area contributed by atoms with Gasteiger partial charge in [0, 0.05) is 24.9 Å². The van der Waals surface area contributed by atoms with Gasteiger partial charge >= 0.3 is 5.69 Å². The lowest BCUT2D eigenvalue weighted by Crippen LogP contribution is -2.01. The average Bonchev–Trinajstić information content (AvgIpc) is 2.48. The summed E-state index contributed by atoms with van der Waals surface area (Å²) in [4.78, 5) is 13.5. The van der Waals surface area contributed by atoms with Crippen molar-refractivity contribution in [3.8, 4) is 5.75 Å². The number of anilines is 1. The Kier molecular flexibility index (Phi) is 4.27. The van der Waals surface area contributed by atoms with Gasteiger partial charge in [-0.3, -0.25) is 10.1 Å². The maximum atomic E-state index is 13.6. The van der Waals surface area contributed by atoms with Crippen LogP contribution >= 0.6 is 0 Å². The van der Waals surface area contributed by atoms with Crippen LogP contribution in [0.3, 0.4) is 0 Å². The van der Waals surface area contributed by atoms with Gasteiger partial charge in [0.25, 0.3) is 0 Å². The van der Waals surface area contributed by atoms with E-state index in [2.05, 4.69) is 10.3 Å². The minimum atomic E-state index is -1.15. The van der Waals surface area contributed by atoms with Crippen molar-refractivity contribution >= 4 is 11.5 Å². The zero-order valence-electron chi connectivity index (χ0n) is 11.0. The van der Waals surface area contributed by atoms with E-state index in [0.29, 0.717) is 23.5 Å². The number of pyridine rings is 1. The molecule has 0 unspecified atom stereocenters. The molecule has 1 heterocycles. The summed E-state index contributed by atoms with van der Waals surface area (Å²) in [5.41, 5.74) is -0.285. The number of aromatic nitrogens is 1. The number of benzene rings is 1. The zero-order valence-corrected chi connectivity index (χ0v) is 11.0. The van der Waals surface area contributed by atoms with E-state index in [9.17, 15) is 18.9 Å². The van der Waals surface area contributed by atoms with Crippen LogP contribution < -0.4 is 10.1 Å². The Morgan fingerprint density at radius 1 is 1.33 bits per heavy atom. The van der Waals surface area contributed by atoms with Gasteiger partial charge in [0.2, 0.25) is 5.82 Å². The van der Waals surface area contributed by atoms with Gasteiger partial charge in [-0.2, -0.15) is 4.39 Å². The molecule has 0 bridgehead atoms. The van der Waals surface area contributed by atoms with E-state index in [1.165, 1.54) is 6.20 Å². The number of nitrogens with zero attached hydrogens (tertiary/aromatic N) is 2. The SMILES string of the molecule is CNc1ccc(COc2cc(F)c([N+](=O)[O-])cc2F)cn1. The Bertz CT molecular complexity index is 662. The molecule has 6 nitrogen and oxygen atoms in total. The fraction of sp³-hybridized carbons (Fsp3) is 0.154. The molecule has 1 aromatic carbocycles. The van der Waals surface area contributed by atoms with Crippen molar-refractivity contribution in [2.24, 2.45) is 0 Å². The van der Waals surface area contributed by atoms with Gasteiger partial charge in [-0.15, -0.1) is 0 Å². The van der Waals surface area contributed by atoms with Crippen LogP contribution in [-0.4, -0.2) is 17.0 Å². The molecular formula is C13H11F2N3O3. The number of nitrogens with one attached hydrogen (secondary N) is 1. The summed E-state index contributed by atoms with van der Waals surface area (Å²) in [6.45, 7) is -0.0365. The summed E-state index contributed by atoms with van der Waals surface area (Å²) < 4.78 is 32.1. The van der Waals surface area contributed by atoms with Crippen LogP contribution in [0.25, 0.3) is 0 Å². The normalized spacial score (nSPS) is 10.2. The van der Waals surface area contributed by atoms with Crippen molar-refractivity contribution < 1.29 is 18.4 Å². The van der Waals surface area contributed by atoms with E-state index in [0.717, 1.165) is 0 Å². The highest BCUT2D eigenvalue weighted by Gasteiger charge is 2.19. The van der Waals surface area contributed by atoms with Gasteiger partial charge < -0.3 is 10.1 Å². The lowest BCUT2D eigenvalue weighted by atomic mass is 10.2. The largest absolute Gasteiger partial charge is 0.486 e. The van der Waals surface area contributed by atoms with E-state index in [1.54, 1.807) is 19.2 Å². The molecule has 8 heteroatoms. The molecule has 0 aliphatic carbocycles. The van der Waals surface area contributed by atoms with Crippen molar-refractivity contribution in [2.45, 2.75) is 6.61 Å². The first-order valence-corrected chi connectivity index (χ1v) is 5.90. The number of rotatable bonds is 5. The topological polar surface area (TPSA) is 77.3 Å². The van der Waals surface area contributed by atoms with Crippen LogP contribution in [-0.2, 0) is 6.61 Å². The van der Waals surface area contributed by atoms with Gasteiger partial charge in [-0.05, 0) is 6.07 Å². The summed E-state index contributed by atoms with van der Waals surface area (Å²) in [5.74, 6) is -1.88. The first kappa shape index (κ1) is 14.6. The lowest BCUT2D eigenvalue weighted by Gasteiger charge is -2.08. The monoisotopic (exact) mass is 295 g/mol. The van der Waals surface area contributed by atoms with Gasteiger partial charge in [-0.1, -0.05) is 6.07 Å². The van der Waals surface area contributed by atoms with Gasteiger partial charge in [0.05, 0.1) is 11.0 Å². The predicted octanol–water partition coefficient (Wildman–Crippen LogP) is 2.89. The number of nitro benzene ring substituents is 1. The molecule has 21 heavy (non-hydrogen) atoms. The Balaban J connectivity index is 2.12. The highest BCUT2D eigenvalue weighted by molar-refractivity contribution is 5.39. The molecule has 0 atom stereocenters. The first-order chi connectivity index (χ1) is 10.0. The van der Waals surface area contributed by atoms with E-state index in [1.807, 2.05) is 0 Å². The van der Waals surface area contributed by atoms with Crippen LogP contribution in [0.5, 0.6) is 5.75 Å². The molecule has 0 saturated heterocycles. The second-order valence-electron chi connectivity index (χ2n) is 4.08. The van der Waals surface area contributed by atoms with Crippen LogP contribution in [0, 0.1) is 21.7 Å². The third kappa shape index (κ3) is 3.41. The molecule has 0 aliphatic rings. The lowest BCUT2D eigenvalue weighted by molar-refractivity contribution is -0.387. The molecule has 2 aromatic rings. The summed E-state index contributed by atoms with van der Waals surface area (Å²) in [6.07, 6.45) is 1.52. The van der Waals surface area contributed by atoms with Crippen molar-refractivity contribution in [3.63, 3.8) is 0 Å². The molecule has 0 spiro atoms. The maximum Gasteiger partial charge on any atom is 0.307 e. The third-order valence-corrected chi connectivity index (χ3v) is 2.67. The van der Waals surface area contributed by atoms with E-state index >= 15 is 0 Å². The second kappa shape index (κ2) is 6.12. The fourth-order valence-corrected chi connectivity index (χ4v) is 1.59. The Labute approximate surface area is 118 Å². The number of halogens is 2. The van der Waals surface area contributed by atoms with E-state index in [4.69, 9.17) is 4.74 Å². The van der Waals surface area contributed by atoms with Crippen LogP contribution in [0.1, 0.15) is 5.56 Å². The molecule has 0 amide bonds. The molecule has 0 aliphatic heterocycles. The molecule has 1 N–H and O–H groups in total. The van der Waals surface area contributed by atoms with Gasteiger partial charge in [0.1, 0.15) is 12.4 Å². The summed E-state index contributed by atoms with van der Waals surface area (Å²) >= 11 is 0. The molecule has 110 valence electrons. The Hall–Kier alpha value is -2.77. The smallest absolute Gasteiger partial charge is 0.307 e. The van der Waals surface area contributed by atoms with Crippen molar-refractivity contribution in [2.75, 3.05) is 12.4 Å². The highest BCUT2D eigenvalue weighted by atomic mass is 19.1. The Morgan fingerprint density at radius 2 is 2.10 bits per heavy atom. The van der Waals surface area contributed by atoms with Gasteiger partial charge in [-0.25, -0.2) is 9.37 Å². The highest BCUT2D eigenvalue weighted by Crippen LogP contribution is 2.26. The van der Waals surface area contributed by atoms with Gasteiger partial charge in [0.15, 0.2) is 11.6 Å². The quantitative estimate of drug-likeness (QED) is 0.678. The third-order valence-electron chi connectivity index (χ3n) is 2.67. The van der Waals surface area contributed by atoms with Crippen LogP contribution in [0.15, 0.2) is 30.5 Å². The van der Waals surface area contributed by atoms with Crippen molar-refractivity contribution in [3.05, 3.63) is 57.8 Å². The van der Waals surface area contributed by atoms with E-state index in [-0.39, 0.29) is 6.61 Å². The number of ether oxygens (including phenoxy) is 1. The summed E-state index contributed by atoms with van der Waals surface area (Å²) in [6, 6.07) is 4.56. The molecular weight excluding hydrogens is 284 g/mol. The van der Waals surface area contributed by atoms with E-state index < -0.39 is 28.0 Å². The number of hydrogen-bond acceptors (Lipinski definition) is 5. The second-order valence-corrected chi connectivity index (χ2v) is 4.08. The minimum Gasteiger partial charge on any atom is -0.486 e. The molecule has 2 rings (SSSR count). The first-order valence-electron chi connectivity index (χ1n) is 5.90. The maximum absolute atomic E-state index is 13.6. The molecule has 1 aromatic heterocycles. The predicted molar refractivity (Wildman–Crippen MR) is 71.1 cm³/mol. The van der Waals surface area contributed by atoms with Crippen molar-refractivity contribution in [1.82, 2.24) is 4.98 Å². The van der Waals surface area contributed by atoms with Crippen LogP contribution in [0.4, 0.5) is 20.3 Å². The fourth-order valence-electron chi connectivity index (χ4n) is 1.59. The minimum absolute atomic E-state index is 0.0365. The zero-order chi connectivity index (χ0) is 15.4. The number of hydrogen-bond donors (Lipinski definition) is 1. The average molecular weight is 295 g/mol. The summed E-state index contributed by atoms with van der Waals surface area (Å²) in [7, 11) is 1.72. The van der Waals surface area contributed by atoms with Crippen LogP contribution in [0.2, 0.25) is 0 Å². The molecule has 0 saturated carbocycles. The molecule has 0 radical (unpaired) electrons.